The van der Waals surface area contributed by atoms with Crippen LogP contribution in [0.1, 0.15) is 31.1 Å². The van der Waals surface area contributed by atoms with Crippen LogP contribution in [0, 0.1) is 0 Å². The maximum absolute atomic E-state index is 12.4. The predicted octanol–water partition coefficient (Wildman–Crippen LogP) is 0.833. The van der Waals surface area contributed by atoms with Gasteiger partial charge in [-0.05, 0) is 42.5 Å². The monoisotopic (exact) mass is 346 g/mol. The van der Waals surface area contributed by atoms with Gasteiger partial charge in [-0.1, -0.05) is 0 Å². The summed E-state index contributed by atoms with van der Waals surface area (Å²) in [5.74, 6) is -2.51. The smallest absolute Gasteiger partial charge is 0.335 e. The molecule has 3 rings (SSSR count). The molecule has 2 aromatic rings. The molecule has 24 heavy (non-hydrogen) atoms. The number of carbonyl (C=O) groups is 3. The van der Waals surface area contributed by atoms with Crippen molar-refractivity contribution in [2.24, 2.45) is 5.14 Å². The van der Waals surface area contributed by atoms with Crippen molar-refractivity contribution in [3.63, 3.8) is 0 Å². The van der Waals surface area contributed by atoms with Gasteiger partial charge in [-0.2, -0.15) is 0 Å². The lowest BCUT2D eigenvalue weighted by Gasteiger charge is -2.14. The summed E-state index contributed by atoms with van der Waals surface area (Å²) in [5, 5.41) is 14.0. The Labute approximate surface area is 136 Å². The van der Waals surface area contributed by atoms with Crippen LogP contribution >= 0.6 is 0 Å². The summed E-state index contributed by atoms with van der Waals surface area (Å²) < 4.78 is 22.5. The lowest BCUT2D eigenvalue weighted by atomic mass is 10.1. The molecule has 2 aromatic carbocycles. The Morgan fingerprint density at radius 3 is 2.08 bits per heavy atom. The van der Waals surface area contributed by atoms with E-state index >= 15 is 0 Å². The highest BCUT2D eigenvalue weighted by Crippen LogP contribution is 2.29. The molecule has 0 atom stereocenters. The Morgan fingerprint density at radius 2 is 1.54 bits per heavy atom. The van der Waals surface area contributed by atoms with E-state index < -0.39 is 27.8 Å². The molecule has 0 aliphatic carbocycles. The second-order valence-corrected chi connectivity index (χ2v) is 6.61. The van der Waals surface area contributed by atoms with Crippen molar-refractivity contribution in [3.8, 4) is 0 Å². The molecule has 0 spiro atoms. The number of carboxylic acid groups (broad SMARTS) is 1. The molecule has 0 saturated carbocycles. The van der Waals surface area contributed by atoms with E-state index in [4.69, 9.17) is 10.2 Å². The Balaban J connectivity index is 2.03. The number of carbonyl (C=O) groups excluding carboxylic acids is 2. The quantitative estimate of drug-likeness (QED) is 0.790. The fourth-order valence-corrected chi connectivity index (χ4v) is 2.91. The minimum Gasteiger partial charge on any atom is -0.478 e. The fourth-order valence-electron chi connectivity index (χ4n) is 2.39. The number of nitrogens with two attached hydrogens (primary N) is 1. The standard InChI is InChI=1S/C15H10N2O6S/c16-24(22,23)10-4-2-9(3-5-10)17-13(18)11-6-1-8(15(20)21)7-12(11)14(17)19/h1-7H,(H,20,21)(H2,16,22,23). The molecule has 3 N–H and O–H groups in total. The fraction of sp³-hybridized carbons (Fsp3) is 0. The number of primary sulfonamides is 1. The highest BCUT2D eigenvalue weighted by Gasteiger charge is 2.37. The summed E-state index contributed by atoms with van der Waals surface area (Å²) in [7, 11) is -3.89. The first kappa shape index (κ1) is 15.8. The van der Waals surface area contributed by atoms with Crippen LogP contribution in [0.5, 0.6) is 0 Å². The van der Waals surface area contributed by atoms with Crippen LogP contribution in [0.2, 0.25) is 0 Å². The third kappa shape index (κ3) is 2.45. The minimum absolute atomic E-state index is 0.0181. The van der Waals surface area contributed by atoms with Gasteiger partial charge in [-0.15, -0.1) is 0 Å². The van der Waals surface area contributed by atoms with Gasteiger partial charge in [0, 0.05) is 0 Å². The van der Waals surface area contributed by atoms with Crippen LogP contribution < -0.4 is 10.0 Å². The second-order valence-electron chi connectivity index (χ2n) is 5.05. The lowest BCUT2D eigenvalue weighted by Crippen LogP contribution is -2.29. The summed E-state index contributed by atoms with van der Waals surface area (Å²) >= 11 is 0. The van der Waals surface area contributed by atoms with Gasteiger partial charge in [0.1, 0.15) is 0 Å². The third-order valence-corrected chi connectivity index (χ3v) is 4.49. The average molecular weight is 346 g/mol. The topological polar surface area (TPSA) is 135 Å². The first-order chi connectivity index (χ1) is 11.2. The highest BCUT2D eigenvalue weighted by molar-refractivity contribution is 7.89. The number of benzene rings is 2. The van der Waals surface area contributed by atoms with Gasteiger partial charge in [0.25, 0.3) is 11.8 Å². The van der Waals surface area contributed by atoms with E-state index in [9.17, 15) is 22.8 Å². The number of nitrogens with zero attached hydrogens (tertiary/aromatic N) is 1. The number of aromatic carboxylic acids is 1. The molecule has 8 nitrogen and oxygen atoms in total. The predicted molar refractivity (Wildman–Crippen MR) is 82.4 cm³/mol. The van der Waals surface area contributed by atoms with Crippen LogP contribution in [-0.4, -0.2) is 31.3 Å². The molecule has 1 heterocycles. The van der Waals surface area contributed by atoms with Crippen molar-refractivity contribution >= 4 is 33.5 Å². The van der Waals surface area contributed by atoms with Crippen LogP contribution in [0.15, 0.2) is 47.4 Å². The summed E-state index contributed by atoms with van der Waals surface area (Å²) in [5.41, 5.74) is 0.114. The third-order valence-electron chi connectivity index (χ3n) is 3.56. The maximum Gasteiger partial charge on any atom is 0.335 e. The first-order valence-corrected chi connectivity index (χ1v) is 8.14. The van der Waals surface area contributed by atoms with E-state index in [1.54, 1.807) is 0 Å². The Kier molecular flexibility index (Phi) is 3.47. The zero-order chi connectivity index (χ0) is 17.6. The molecule has 122 valence electrons. The van der Waals surface area contributed by atoms with Crippen molar-refractivity contribution < 1.29 is 27.9 Å². The molecule has 0 fully saturated rings. The molecule has 9 heteroatoms. The summed E-state index contributed by atoms with van der Waals surface area (Å²) in [4.78, 5) is 36.5. The van der Waals surface area contributed by atoms with E-state index in [0.29, 0.717) is 0 Å². The summed E-state index contributed by atoms with van der Waals surface area (Å²) in [6.45, 7) is 0. The second kappa shape index (κ2) is 5.25. The Hall–Kier alpha value is -3.04. The van der Waals surface area contributed by atoms with Gasteiger partial charge < -0.3 is 5.11 Å². The van der Waals surface area contributed by atoms with E-state index in [1.165, 1.54) is 36.4 Å². The van der Waals surface area contributed by atoms with Gasteiger partial charge in [-0.3, -0.25) is 9.59 Å². The number of hydrogen-bond acceptors (Lipinski definition) is 5. The van der Waals surface area contributed by atoms with Crippen molar-refractivity contribution in [1.82, 2.24) is 0 Å². The molecule has 0 saturated heterocycles. The largest absolute Gasteiger partial charge is 0.478 e. The average Bonchev–Trinajstić information content (AvgIpc) is 2.77. The Bertz CT molecular complexity index is 995. The van der Waals surface area contributed by atoms with Gasteiger partial charge in [0.2, 0.25) is 10.0 Å². The van der Waals surface area contributed by atoms with Gasteiger partial charge >= 0.3 is 5.97 Å². The molecule has 0 bridgehead atoms. The number of rotatable bonds is 3. The molecule has 0 radical (unpaired) electrons. The first-order valence-electron chi connectivity index (χ1n) is 6.59. The zero-order valence-electron chi connectivity index (χ0n) is 12.0. The number of imide groups is 1. The number of fused-ring (bicyclic) bond motifs is 1. The molecule has 0 unspecified atom stereocenters. The van der Waals surface area contributed by atoms with E-state index in [0.717, 1.165) is 11.0 Å². The van der Waals surface area contributed by atoms with Crippen LogP contribution in [0.4, 0.5) is 5.69 Å². The zero-order valence-corrected chi connectivity index (χ0v) is 12.8. The highest BCUT2D eigenvalue weighted by atomic mass is 32.2. The molecule has 1 aliphatic rings. The van der Waals surface area contributed by atoms with Crippen molar-refractivity contribution in [1.29, 1.82) is 0 Å². The SMILES string of the molecule is NS(=O)(=O)c1ccc(N2C(=O)c3ccc(C(=O)O)cc3C2=O)cc1. The van der Waals surface area contributed by atoms with Crippen molar-refractivity contribution in [2.75, 3.05) is 4.90 Å². The van der Waals surface area contributed by atoms with Crippen LogP contribution in [-0.2, 0) is 10.0 Å². The molecule has 1 aliphatic heterocycles. The van der Waals surface area contributed by atoms with E-state index in [2.05, 4.69) is 0 Å². The molecular formula is C15H10N2O6S. The van der Waals surface area contributed by atoms with Crippen molar-refractivity contribution in [2.45, 2.75) is 4.90 Å². The van der Waals surface area contributed by atoms with Crippen LogP contribution in [0.25, 0.3) is 0 Å². The van der Waals surface area contributed by atoms with Crippen LogP contribution in [0.3, 0.4) is 0 Å². The molecule has 2 amide bonds. The maximum atomic E-state index is 12.4. The van der Waals surface area contributed by atoms with Crippen molar-refractivity contribution in [3.05, 3.63) is 59.2 Å². The number of hydrogen-bond donors (Lipinski definition) is 2. The molecule has 0 aromatic heterocycles. The van der Waals surface area contributed by atoms with E-state index in [-0.39, 0.29) is 27.3 Å². The van der Waals surface area contributed by atoms with E-state index in [1.807, 2.05) is 0 Å². The summed E-state index contributed by atoms with van der Waals surface area (Å²) in [6, 6.07) is 8.56. The van der Waals surface area contributed by atoms with Gasteiger partial charge in [0.05, 0.1) is 27.3 Å². The minimum atomic E-state index is -3.89. The normalized spacial score (nSPS) is 14.0. The molecular weight excluding hydrogens is 336 g/mol. The number of anilines is 1. The number of sulfonamides is 1. The Morgan fingerprint density at radius 1 is 0.958 bits per heavy atom. The van der Waals surface area contributed by atoms with Gasteiger partial charge in [-0.25, -0.2) is 23.3 Å². The number of carboxylic acids is 1. The summed E-state index contributed by atoms with van der Waals surface area (Å²) in [6.07, 6.45) is 0. The van der Waals surface area contributed by atoms with Gasteiger partial charge in [0.15, 0.2) is 0 Å². The number of amides is 2. The lowest BCUT2D eigenvalue weighted by molar-refractivity contribution is 0.0696.